The van der Waals surface area contributed by atoms with E-state index in [9.17, 15) is 0 Å². The maximum Gasteiger partial charge on any atom is 0.0642 e. The van der Waals surface area contributed by atoms with E-state index in [4.69, 9.17) is 16.3 Å². The molecule has 4 heteroatoms. The van der Waals surface area contributed by atoms with E-state index < -0.39 is 0 Å². The topological polar surface area (TPSA) is 24.5 Å². The fourth-order valence-electron chi connectivity index (χ4n) is 2.04. The number of hydrogen-bond acceptors (Lipinski definition) is 3. The molecular formula is C16H27ClN2O. The summed E-state index contributed by atoms with van der Waals surface area (Å²) in [6.07, 6.45) is 1.00. The van der Waals surface area contributed by atoms with E-state index in [0.29, 0.717) is 5.92 Å². The molecule has 0 atom stereocenters. The Morgan fingerprint density at radius 3 is 2.70 bits per heavy atom. The monoisotopic (exact) mass is 298 g/mol. The van der Waals surface area contributed by atoms with Crippen LogP contribution >= 0.6 is 11.6 Å². The summed E-state index contributed by atoms with van der Waals surface area (Å²) in [4.78, 5) is 2.17. The van der Waals surface area contributed by atoms with Gasteiger partial charge in [-0.2, -0.15) is 0 Å². The molecule has 1 aromatic carbocycles. The van der Waals surface area contributed by atoms with Crippen LogP contribution in [0.4, 0.5) is 5.69 Å². The van der Waals surface area contributed by atoms with E-state index in [0.717, 1.165) is 43.4 Å². The van der Waals surface area contributed by atoms with Crippen molar-refractivity contribution in [2.75, 3.05) is 38.8 Å². The molecule has 0 aromatic heterocycles. The van der Waals surface area contributed by atoms with Crippen LogP contribution in [-0.2, 0) is 11.3 Å². The van der Waals surface area contributed by atoms with E-state index in [2.05, 4.69) is 49.3 Å². The van der Waals surface area contributed by atoms with Crippen LogP contribution in [0.2, 0.25) is 5.02 Å². The number of anilines is 1. The van der Waals surface area contributed by atoms with Gasteiger partial charge in [0.25, 0.3) is 0 Å². The standard InChI is InChI=1S/C16H27ClN2O/c1-13(2)11-18-12-14-6-7-16(15(17)10-14)19(3)8-5-9-20-4/h6-7,10,13,18H,5,8-9,11-12H2,1-4H3. The maximum absolute atomic E-state index is 6.38. The molecule has 0 saturated heterocycles. The molecule has 0 spiro atoms. The van der Waals surface area contributed by atoms with Crippen molar-refractivity contribution in [3.8, 4) is 0 Å². The van der Waals surface area contributed by atoms with Crippen molar-refractivity contribution in [3.63, 3.8) is 0 Å². The largest absolute Gasteiger partial charge is 0.385 e. The lowest BCUT2D eigenvalue weighted by molar-refractivity contribution is 0.196. The quantitative estimate of drug-likeness (QED) is 0.706. The second kappa shape index (κ2) is 9.22. The molecule has 0 aliphatic heterocycles. The van der Waals surface area contributed by atoms with Gasteiger partial charge in [0, 0.05) is 33.9 Å². The minimum atomic E-state index is 0.664. The molecule has 0 saturated carbocycles. The molecule has 1 rings (SSSR count). The molecule has 0 aliphatic rings. The van der Waals surface area contributed by atoms with Crippen LogP contribution in [0.5, 0.6) is 0 Å². The Kier molecular flexibility index (Phi) is 7.97. The summed E-state index contributed by atoms with van der Waals surface area (Å²) in [5.74, 6) is 0.664. The minimum absolute atomic E-state index is 0.664. The zero-order valence-electron chi connectivity index (χ0n) is 13.1. The van der Waals surface area contributed by atoms with Gasteiger partial charge in [0.2, 0.25) is 0 Å². The first-order valence-corrected chi connectivity index (χ1v) is 7.61. The zero-order chi connectivity index (χ0) is 15.0. The van der Waals surface area contributed by atoms with Crippen LogP contribution in [0.1, 0.15) is 25.8 Å². The van der Waals surface area contributed by atoms with Crippen LogP contribution in [0, 0.1) is 5.92 Å². The molecule has 1 aromatic rings. The fourth-order valence-corrected chi connectivity index (χ4v) is 2.39. The molecule has 0 bridgehead atoms. The molecule has 3 nitrogen and oxygen atoms in total. The molecule has 0 aliphatic carbocycles. The van der Waals surface area contributed by atoms with Crippen LogP contribution < -0.4 is 10.2 Å². The highest BCUT2D eigenvalue weighted by molar-refractivity contribution is 6.33. The first-order chi connectivity index (χ1) is 9.54. The van der Waals surface area contributed by atoms with Gasteiger partial charge in [-0.05, 0) is 36.6 Å². The van der Waals surface area contributed by atoms with Crippen molar-refractivity contribution in [3.05, 3.63) is 28.8 Å². The smallest absolute Gasteiger partial charge is 0.0642 e. The molecule has 0 amide bonds. The summed E-state index contributed by atoms with van der Waals surface area (Å²) in [6.45, 7) is 8.02. The lowest BCUT2D eigenvalue weighted by atomic mass is 10.1. The Morgan fingerprint density at radius 2 is 2.10 bits per heavy atom. The average molecular weight is 299 g/mol. The molecule has 20 heavy (non-hydrogen) atoms. The van der Waals surface area contributed by atoms with Crippen LogP contribution in [0.25, 0.3) is 0 Å². The van der Waals surface area contributed by atoms with Gasteiger partial charge in [0.05, 0.1) is 10.7 Å². The number of halogens is 1. The van der Waals surface area contributed by atoms with Crippen molar-refractivity contribution >= 4 is 17.3 Å². The Labute approximate surface area is 128 Å². The van der Waals surface area contributed by atoms with Gasteiger partial charge in [0.1, 0.15) is 0 Å². The SMILES string of the molecule is COCCCN(C)c1ccc(CNCC(C)C)cc1Cl. The summed E-state index contributed by atoms with van der Waals surface area (Å²) in [7, 11) is 3.79. The number of nitrogens with zero attached hydrogens (tertiary/aromatic N) is 1. The fraction of sp³-hybridized carbons (Fsp3) is 0.625. The number of rotatable bonds is 9. The third-order valence-corrected chi connectivity index (χ3v) is 3.45. The number of benzene rings is 1. The lowest BCUT2D eigenvalue weighted by Crippen LogP contribution is -2.21. The molecule has 0 radical (unpaired) electrons. The summed E-state index contributed by atoms with van der Waals surface area (Å²) in [5, 5.41) is 4.24. The highest BCUT2D eigenvalue weighted by atomic mass is 35.5. The normalized spacial score (nSPS) is 11.1. The van der Waals surface area contributed by atoms with Gasteiger partial charge in [-0.1, -0.05) is 31.5 Å². The Balaban J connectivity index is 2.54. The number of methoxy groups -OCH3 is 1. The summed E-state index contributed by atoms with van der Waals surface area (Å²) in [6, 6.07) is 6.29. The Hall–Kier alpha value is -0.770. The van der Waals surface area contributed by atoms with Gasteiger partial charge < -0.3 is 15.0 Å². The van der Waals surface area contributed by atoms with Gasteiger partial charge >= 0.3 is 0 Å². The van der Waals surface area contributed by atoms with E-state index in [1.54, 1.807) is 7.11 Å². The van der Waals surface area contributed by atoms with E-state index >= 15 is 0 Å². The summed E-state index contributed by atoms with van der Waals surface area (Å²) in [5.41, 5.74) is 2.31. The molecular weight excluding hydrogens is 272 g/mol. The predicted molar refractivity (Wildman–Crippen MR) is 87.8 cm³/mol. The zero-order valence-corrected chi connectivity index (χ0v) is 13.8. The maximum atomic E-state index is 6.38. The van der Waals surface area contributed by atoms with Crippen LogP contribution in [-0.4, -0.2) is 33.9 Å². The second-order valence-corrected chi connectivity index (χ2v) is 5.99. The van der Waals surface area contributed by atoms with Gasteiger partial charge in [0.15, 0.2) is 0 Å². The molecule has 0 unspecified atom stereocenters. The third kappa shape index (κ3) is 6.12. The highest BCUT2D eigenvalue weighted by Gasteiger charge is 2.07. The highest BCUT2D eigenvalue weighted by Crippen LogP contribution is 2.26. The second-order valence-electron chi connectivity index (χ2n) is 5.58. The van der Waals surface area contributed by atoms with Crippen molar-refractivity contribution in [2.24, 2.45) is 5.92 Å². The van der Waals surface area contributed by atoms with Crippen molar-refractivity contribution in [1.82, 2.24) is 5.32 Å². The van der Waals surface area contributed by atoms with Crippen molar-refractivity contribution in [1.29, 1.82) is 0 Å². The van der Waals surface area contributed by atoms with Gasteiger partial charge in [-0.25, -0.2) is 0 Å². The molecule has 1 N–H and O–H groups in total. The van der Waals surface area contributed by atoms with Crippen molar-refractivity contribution < 1.29 is 4.74 Å². The molecule has 0 fully saturated rings. The van der Waals surface area contributed by atoms with Gasteiger partial charge in [-0.3, -0.25) is 0 Å². The average Bonchev–Trinajstić information content (AvgIpc) is 2.38. The Morgan fingerprint density at radius 1 is 1.35 bits per heavy atom. The molecule has 114 valence electrons. The summed E-state index contributed by atoms with van der Waals surface area (Å²) < 4.78 is 5.07. The summed E-state index contributed by atoms with van der Waals surface area (Å²) >= 11 is 6.38. The van der Waals surface area contributed by atoms with Crippen LogP contribution in [0.3, 0.4) is 0 Å². The number of nitrogens with one attached hydrogen (secondary N) is 1. The minimum Gasteiger partial charge on any atom is -0.385 e. The first-order valence-electron chi connectivity index (χ1n) is 7.23. The van der Waals surface area contributed by atoms with Crippen LogP contribution in [0.15, 0.2) is 18.2 Å². The number of hydrogen-bond donors (Lipinski definition) is 1. The van der Waals surface area contributed by atoms with E-state index in [-0.39, 0.29) is 0 Å². The first kappa shape index (κ1) is 17.3. The number of ether oxygens (including phenoxy) is 1. The predicted octanol–water partition coefficient (Wildman–Crippen LogP) is 3.56. The van der Waals surface area contributed by atoms with E-state index in [1.807, 2.05) is 0 Å². The van der Waals surface area contributed by atoms with E-state index in [1.165, 1.54) is 5.56 Å². The lowest BCUT2D eigenvalue weighted by Gasteiger charge is -2.21. The Bertz CT molecular complexity index is 396. The van der Waals surface area contributed by atoms with Crippen molar-refractivity contribution in [2.45, 2.75) is 26.8 Å². The van der Waals surface area contributed by atoms with Gasteiger partial charge in [-0.15, -0.1) is 0 Å². The third-order valence-electron chi connectivity index (χ3n) is 3.15. The molecule has 0 heterocycles.